The molecule has 4 nitrogen and oxygen atoms in total. The van der Waals surface area contributed by atoms with Crippen LogP contribution < -0.4 is 5.32 Å². The molecule has 1 N–H and O–H groups in total. The minimum atomic E-state index is 0.821. The van der Waals surface area contributed by atoms with E-state index in [9.17, 15) is 0 Å². The first-order valence-electron chi connectivity index (χ1n) is 8.01. The Morgan fingerprint density at radius 3 is 2.50 bits per heavy atom. The third kappa shape index (κ3) is 3.05. The highest BCUT2D eigenvalue weighted by atomic mass is 15.0. The van der Waals surface area contributed by atoms with Crippen molar-refractivity contribution in [3.05, 3.63) is 90.5 Å². The number of nitrogens with zero attached hydrogens (tertiary/aromatic N) is 3. The molecular formula is C20H18N4. The van der Waals surface area contributed by atoms with E-state index in [2.05, 4.69) is 56.3 Å². The van der Waals surface area contributed by atoms with E-state index in [0.717, 1.165) is 29.8 Å². The lowest BCUT2D eigenvalue weighted by Gasteiger charge is -2.08. The Morgan fingerprint density at radius 2 is 1.67 bits per heavy atom. The molecule has 4 rings (SSSR count). The molecule has 0 radical (unpaired) electrons. The summed E-state index contributed by atoms with van der Waals surface area (Å²) >= 11 is 0. The van der Waals surface area contributed by atoms with Gasteiger partial charge in [0.1, 0.15) is 6.33 Å². The molecule has 4 heteroatoms. The van der Waals surface area contributed by atoms with Gasteiger partial charge in [0.05, 0.1) is 11.0 Å². The van der Waals surface area contributed by atoms with E-state index in [1.54, 1.807) is 6.20 Å². The summed E-state index contributed by atoms with van der Waals surface area (Å²) in [5.74, 6) is 0. The Bertz CT molecular complexity index is 927. The van der Waals surface area contributed by atoms with Crippen LogP contribution in [0.15, 0.2) is 79.4 Å². The molecule has 4 aromatic rings. The zero-order valence-corrected chi connectivity index (χ0v) is 13.3. The molecule has 0 fully saturated rings. The molecule has 0 saturated carbocycles. The molecule has 2 heterocycles. The average molecular weight is 314 g/mol. The van der Waals surface area contributed by atoms with Gasteiger partial charge in [-0.3, -0.25) is 9.55 Å². The Kier molecular flexibility index (Phi) is 4.04. The lowest BCUT2D eigenvalue weighted by molar-refractivity contribution is 0.691. The summed E-state index contributed by atoms with van der Waals surface area (Å²) in [6, 6.07) is 20.8. The van der Waals surface area contributed by atoms with E-state index in [1.165, 1.54) is 11.1 Å². The molecule has 24 heavy (non-hydrogen) atoms. The molecule has 0 saturated heterocycles. The highest BCUT2D eigenvalue weighted by molar-refractivity contribution is 5.77. The van der Waals surface area contributed by atoms with E-state index in [4.69, 9.17) is 0 Å². The number of hydrogen-bond donors (Lipinski definition) is 1. The van der Waals surface area contributed by atoms with Crippen molar-refractivity contribution in [2.24, 2.45) is 0 Å². The van der Waals surface area contributed by atoms with Gasteiger partial charge in [0.25, 0.3) is 0 Å². The Balaban J connectivity index is 1.45. The number of rotatable bonds is 5. The number of pyridine rings is 1. The molecule has 0 atom stereocenters. The molecule has 0 aliphatic carbocycles. The SMILES string of the molecule is c1cncc(CNCc2ccc(-n3cnc4ccccc43)cc2)c1. The second-order valence-corrected chi connectivity index (χ2v) is 5.73. The summed E-state index contributed by atoms with van der Waals surface area (Å²) < 4.78 is 2.11. The molecule has 0 aliphatic rings. The van der Waals surface area contributed by atoms with E-state index in [-0.39, 0.29) is 0 Å². The highest BCUT2D eigenvalue weighted by Crippen LogP contribution is 2.18. The number of aromatic nitrogens is 3. The van der Waals surface area contributed by atoms with Crippen LogP contribution in [0.1, 0.15) is 11.1 Å². The van der Waals surface area contributed by atoms with Crippen LogP contribution in [-0.4, -0.2) is 14.5 Å². The summed E-state index contributed by atoms with van der Waals surface area (Å²) in [6.07, 6.45) is 5.56. The third-order valence-electron chi connectivity index (χ3n) is 4.05. The van der Waals surface area contributed by atoms with E-state index in [1.807, 2.05) is 36.8 Å². The predicted octanol–water partition coefficient (Wildman–Crippen LogP) is 3.71. The summed E-state index contributed by atoms with van der Waals surface area (Å²) in [4.78, 5) is 8.57. The number of imidazole rings is 1. The molecule has 0 amide bonds. The van der Waals surface area contributed by atoms with Gasteiger partial charge in [-0.15, -0.1) is 0 Å². The quantitative estimate of drug-likeness (QED) is 0.610. The maximum atomic E-state index is 4.45. The van der Waals surface area contributed by atoms with Gasteiger partial charge in [0.15, 0.2) is 0 Å². The zero-order valence-electron chi connectivity index (χ0n) is 13.3. The molecule has 0 unspecified atom stereocenters. The van der Waals surface area contributed by atoms with Gasteiger partial charge >= 0.3 is 0 Å². The van der Waals surface area contributed by atoms with Crippen molar-refractivity contribution >= 4 is 11.0 Å². The second kappa shape index (κ2) is 6.64. The lowest BCUT2D eigenvalue weighted by atomic mass is 10.2. The van der Waals surface area contributed by atoms with Gasteiger partial charge < -0.3 is 5.32 Å². The zero-order chi connectivity index (χ0) is 16.2. The van der Waals surface area contributed by atoms with E-state index >= 15 is 0 Å². The van der Waals surface area contributed by atoms with Crippen LogP contribution in [0, 0.1) is 0 Å². The number of benzene rings is 2. The summed E-state index contributed by atoms with van der Waals surface area (Å²) in [5.41, 5.74) is 5.71. The lowest BCUT2D eigenvalue weighted by Crippen LogP contribution is -2.12. The largest absolute Gasteiger partial charge is 0.309 e. The first-order chi connectivity index (χ1) is 11.9. The molecule has 2 aromatic heterocycles. The fourth-order valence-corrected chi connectivity index (χ4v) is 2.79. The summed E-state index contributed by atoms with van der Waals surface area (Å²) in [5, 5.41) is 3.44. The van der Waals surface area contributed by atoms with Crippen molar-refractivity contribution in [2.75, 3.05) is 0 Å². The molecule has 0 bridgehead atoms. The normalized spacial score (nSPS) is 11.0. The smallest absolute Gasteiger partial charge is 0.100 e. The van der Waals surface area contributed by atoms with Crippen LogP contribution in [0.25, 0.3) is 16.7 Å². The average Bonchev–Trinajstić information content (AvgIpc) is 3.07. The summed E-state index contributed by atoms with van der Waals surface area (Å²) in [6.45, 7) is 1.65. The first kappa shape index (κ1) is 14.6. The minimum absolute atomic E-state index is 0.821. The molecule has 0 aliphatic heterocycles. The van der Waals surface area contributed by atoms with Crippen molar-refractivity contribution in [2.45, 2.75) is 13.1 Å². The van der Waals surface area contributed by atoms with Crippen LogP contribution in [0.2, 0.25) is 0 Å². The van der Waals surface area contributed by atoms with E-state index in [0.29, 0.717) is 0 Å². The first-order valence-corrected chi connectivity index (χ1v) is 8.01. The van der Waals surface area contributed by atoms with Crippen LogP contribution in [0.4, 0.5) is 0 Å². The van der Waals surface area contributed by atoms with Crippen LogP contribution in [-0.2, 0) is 13.1 Å². The van der Waals surface area contributed by atoms with Crippen molar-refractivity contribution < 1.29 is 0 Å². The van der Waals surface area contributed by atoms with Crippen LogP contribution >= 0.6 is 0 Å². The van der Waals surface area contributed by atoms with Crippen molar-refractivity contribution in [1.29, 1.82) is 0 Å². The predicted molar refractivity (Wildman–Crippen MR) is 95.9 cm³/mol. The number of nitrogens with one attached hydrogen (secondary N) is 1. The van der Waals surface area contributed by atoms with Gasteiger partial charge in [-0.2, -0.15) is 0 Å². The maximum absolute atomic E-state index is 4.45. The van der Waals surface area contributed by atoms with Gasteiger partial charge in [-0.1, -0.05) is 30.3 Å². The fourth-order valence-electron chi connectivity index (χ4n) is 2.79. The van der Waals surface area contributed by atoms with Crippen LogP contribution in [0.3, 0.4) is 0 Å². The molecule has 2 aromatic carbocycles. The Hall–Kier alpha value is -2.98. The summed E-state index contributed by atoms with van der Waals surface area (Å²) in [7, 11) is 0. The molecule has 0 spiro atoms. The maximum Gasteiger partial charge on any atom is 0.100 e. The Morgan fingerprint density at radius 1 is 0.833 bits per heavy atom. The van der Waals surface area contributed by atoms with E-state index < -0.39 is 0 Å². The fraction of sp³-hybridized carbons (Fsp3) is 0.100. The Labute approximate surface area is 140 Å². The van der Waals surface area contributed by atoms with Crippen molar-refractivity contribution in [3.8, 4) is 5.69 Å². The molecule has 118 valence electrons. The van der Waals surface area contributed by atoms with Gasteiger partial charge in [-0.05, 0) is 41.5 Å². The van der Waals surface area contributed by atoms with Crippen molar-refractivity contribution in [3.63, 3.8) is 0 Å². The highest BCUT2D eigenvalue weighted by Gasteiger charge is 2.03. The van der Waals surface area contributed by atoms with Crippen LogP contribution in [0.5, 0.6) is 0 Å². The molecular weight excluding hydrogens is 296 g/mol. The van der Waals surface area contributed by atoms with Gasteiger partial charge in [0, 0.05) is 31.2 Å². The third-order valence-corrected chi connectivity index (χ3v) is 4.05. The topological polar surface area (TPSA) is 42.7 Å². The van der Waals surface area contributed by atoms with Crippen molar-refractivity contribution in [1.82, 2.24) is 19.9 Å². The number of fused-ring (bicyclic) bond motifs is 1. The van der Waals surface area contributed by atoms with Gasteiger partial charge in [0.2, 0.25) is 0 Å². The second-order valence-electron chi connectivity index (χ2n) is 5.73. The standard InChI is InChI=1S/C20H18N4/c1-2-6-20-19(5-1)23-15-24(20)18-9-7-16(8-10-18)12-22-14-17-4-3-11-21-13-17/h1-11,13,15,22H,12,14H2. The number of hydrogen-bond acceptors (Lipinski definition) is 3. The monoisotopic (exact) mass is 314 g/mol. The number of para-hydroxylation sites is 2. The van der Waals surface area contributed by atoms with Gasteiger partial charge in [-0.25, -0.2) is 4.98 Å². The minimum Gasteiger partial charge on any atom is -0.309 e.